The van der Waals surface area contributed by atoms with Crippen molar-refractivity contribution in [1.29, 1.82) is 0 Å². The molecule has 0 bridgehead atoms. The van der Waals surface area contributed by atoms with Crippen molar-refractivity contribution < 1.29 is 9.84 Å². The number of hydrogen-bond acceptors (Lipinski definition) is 4. The van der Waals surface area contributed by atoms with Crippen molar-refractivity contribution in [3.63, 3.8) is 0 Å². The molecule has 2 aliphatic rings. The Kier molecular flexibility index (Phi) is 4.55. The van der Waals surface area contributed by atoms with Gasteiger partial charge < -0.3 is 15.2 Å². The number of nitrogens with zero attached hydrogens (tertiary/aromatic N) is 1. The second-order valence-corrected chi connectivity index (χ2v) is 5.70. The Morgan fingerprint density at radius 1 is 1.30 bits per heavy atom. The molecule has 1 saturated heterocycles. The lowest BCUT2D eigenvalue weighted by Crippen LogP contribution is -2.42. The number of benzene rings is 1. The molecule has 0 amide bonds. The van der Waals surface area contributed by atoms with Crippen LogP contribution in [0.4, 0.5) is 0 Å². The molecule has 2 N–H and O–H groups in total. The Hall–Kier alpha value is -1.10. The summed E-state index contributed by atoms with van der Waals surface area (Å²) in [5.74, 6) is 1.01. The van der Waals surface area contributed by atoms with Crippen molar-refractivity contribution in [3.05, 3.63) is 29.8 Å². The van der Waals surface area contributed by atoms with Crippen LogP contribution in [0.5, 0.6) is 5.75 Å². The summed E-state index contributed by atoms with van der Waals surface area (Å²) in [5.41, 5.74) is 1.27. The third-order valence-electron chi connectivity index (χ3n) is 4.37. The Morgan fingerprint density at radius 2 is 2.20 bits per heavy atom. The summed E-state index contributed by atoms with van der Waals surface area (Å²) >= 11 is 0. The fraction of sp³-hybridized carbons (Fsp3) is 0.625. The van der Waals surface area contributed by atoms with Gasteiger partial charge in [0.05, 0.1) is 13.2 Å². The first-order chi connectivity index (χ1) is 9.88. The second-order valence-electron chi connectivity index (χ2n) is 5.70. The average molecular weight is 276 g/mol. The number of hydrogen-bond donors (Lipinski definition) is 2. The van der Waals surface area contributed by atoms with Crippen molar-refractivity contribution in [2.75, 3.05) is 32.8 Å². The number of para-hydroxylation sites is 1. The maximum absolute atomic E-state index is 9.40. The van der Waals surface area contributed by atoms with Gasteiger partial charge in [0.15, 0.2) is 0 Å². The van der Waals surface area contributed by atoms with Crippen molar-refractivity contribution in [2.45, 2.75) is 31.3 Å². The topological polar surface area (TPSA) is 44.7 Å². The first-order valence-electron chi connectivity index (χ1n) is 7.68. The highest BCUT2D eigenvalue weighted by Gasteiger charge is 2.28. The smallest absolute Gasteiger partial charge is 0.124 e. The SMILES string of the molecule is OCCN(CC1CCCN1)C1CCOc2ccccc21. The van der Waals surface area contributed by atoms with Crippen molar-refractivity contribution in [3.8, 4) is 5.75 Å². The summed E-state index contributed by atoms with van der Waals surface area (Å²) in [6, 6.07) is 9.24. The highest BCUT2D eigenvalue weighted by molar-refractivity contribution is 5.37. The van der Waals surface area contributed by atoms with Gasteiger partial charge in [-0.2, -0.15) is 0 Å². The minimum atomic E-state index is 0.215. The summed E-state index contributed by atoms with van der Waals surface area (Å²) < 4.78 is 5.75. The average Bonchev–Trinajstić information content (AvgIpc) is 2.99. The van der Waals surface area contributed by atoms with Gasteiger partial charge in [0.2, 0.25) is 0 Å². The molecular formula is C16H24N2O2. The van der Waals surface area contributed by atoms with E-state index in [2.05, 4.69) is 22.3 Å². The monoisotopic (exact) mass is 276 g/mol. The highest BCUT2D eigenvalue weighted by atomic mass is 16.5. The zero-order valence-corrected chi connectivity index (χ0v) is 11.9. The molecule has 4 heteroatoms. The van der Waals surface area contributed by atoms with E-state index in [1.807, 2.05) is 12.1 Å². The normalized spacial score (nSPS) is 25.5. The maximum Gasteiger partial charge on any atom is 0.124 e. The van der Waals surface area contributed by atoms with Gasteiger partial charge in [-0.05, 0) is 25.5 Å². The summed E-state index contributed by atoms with van der Waals surface area (Å²) in [7, 11) is 0. The number of nitrogens with one attached hydrogen (secondary N) is 1. The fourth-order valence-electron chi connectivity index (χ4n) is 3.40. The first-order valence-corrected chi connectivity index (χ1v) is 7.68. The standard InChI is InChI=1S/C16H24N2O2/c19-10-9-18(12-13-4-3-8-17-13)15-7-11-20-16-6-2-1-5-14(15)16/h1-2,5-6,13,15,17,19H,3-4,7-12H2. The molecule has 1 aromatic carbocycles. The zero-order chi connectivity index (χ0) is 13.8. The molecular weight excluding hydrogens is 252 g/mol. The molecule has 3 rings (SSSR count). The van der Waals surface area contributed by atoms with Gasteiger partial charge >= 0.3 is 0 Å². The van der Waals surface area contributed by atoms with Crippen LogP contribution in [0.15, 0.2) is 24.3 Å². The molecule has 4 nitrogen and oxygen atoms in total. The largest absolute Gasteiger partial charge is 0.493 e. The molecule has 110 valence electrons. The summed E-state index contributed by atoms with van der Waals surface area (Å²) in [5, 5.41) is 12.9. The van der Waals surface area contributed by atoms with E-state index in [9.17, 15) is 5.11 Å². The predicted molar refractivity (Wildman–Crippen MR) is 79.0 cm³/mol. The van der Waals surface area contributed by atoms with Gasteiger partial charge in [-0.3, -0.25) is 4.90 Å². The van der Waals surface area contributed by atoms with Crippen LogP contribution in [0.25, 0.3) is 0 Å². The van der Waals surface area contributed by atoms with E-state index >= 15 is 0 Å². The van der Waals surface area contributed by atoms with Crippen molar-refractivity contribution in [2.24, 2.45) is 0 Å². The van der Waals surface area contributed by atoms with E-state index in [1.165, 1.54) is 18.4 Å². The number of rotatable bonds is 5. The number of ether oxygens (including phenoxy) is 1. The van der Waals surface area contributed by atoms with Gasteiger partial charge in [0, 0.05) is 37.2 Å². The van der Waals surface area contributed by atoms with Gasteiger partial charge in [-0.1, -0.05) is 18.2 Å². The van der Waals surface area contributed by atoms with Gasteiger partial charge in [0.25, 0.3) is 0 Å². The highest BCUT2D eigenvalue weighted by Crippen LogP contribution is 2.35. The fourth-order valence-corrected chi connectivity index (χ4v) is 3.40. The molecule has 2 heterocycles. The molecule has 2 aliphatic heterocycles. The first kappa shape index (κ1) is 13.9. The van der Waals surface area contributed by atoms with Crippen LogP contribution in [0.3, 0.4) is 0 Å². The number of aliphatic hydroxyl groups excluding tert-OH is 1. The van der Waals surface area contributed by atoms with Crippen LogP contribution in [0.1, 0.15) is 30.9 Å². The molecule has 2 unspecified atom stereocenters. The minimum Gasteiger partial charge on any atom is -0.493 e. The van der Waals surface area contributed by atoms with Crippen LogP contribution in [-0.4, -0.2) is 48.9 Å². The predicted octanol–water partition coefficient (Wildman–Crippen LogP) is 1.56. The van der Waals surface area contributed by atoms with E-state index < -0.39 is 0 Å². The van der Waals surface area contributed by atoms with Crippen molar-refractivity contribution >= 4 is 0 Å². The van der Waals surface area contributed by atoms with E-state index in [4.69, 9.17) is 4.74 Å². The van der Waals surface area contributed by atoms with Gasteiger partial charge in [-0.15, -0.1) is 0 Å². The number of aliphatic hydroxyl groups is 1. The third-order valence-corrected chi connectivity index (χ3v) is 4.37. The van der Waals surface area contributed by atoms with E-state index in [1.54, 1.807) is 0 Å². The van der Waals surface area contributed by atoms with E-state index in [-0.39, 0.29) is 6.61 Å². The maximum atomic E-state index is 9.40. The summed E-state index contributed by atoms with van der Waals surface area (Å²) in [4.78, 5) is 2.42. The molecule has 1 aromatic rings. The summed E-state index contributed by atoms with van der Waals surface area (Å²) in [6.45, 7) is 3.85. The van der Waals surface area contributed by atoms with E-state index in [0.717, 1.165) is 38.4 Å². The lowest BCUT2D eigenvalue weighted by molar-refractivity contribution is 0.107. The molecule has 1 fully saturated rings. The molecule has 20 heavy (non-hydrogen) atoms. The molecule has 0 aromatic heterocycles. The van der Waals surface area contributed by atoms with E-state index in [0.29, 0.717) is 12.1 Å². The Morgan fingerprint density at radius 3 is 3.00 bits per heavy atom. The van der Waals surface area contributed by atoms with Crippen LogP contribution in [0.2, 0.25) is 0 Å². The molecule has 2 atom stereocenters. The quantitative estimate of drug-likeness (QED) is 0.856. The van der Waals surface area contributed by atoms with Crippen LogP contribution < -0.4 is 10.1 Å². The molecule has 0 aliphatic carbocycles. The third kappa shape index (κ3) is 2.97. The minimum absolute atomic E-state index is 0.215. The molecule has 0 radical (unpaired) electrons. The number of fused-ring (bicyclic) bond motifs is 1. The van der Waals surface area contributed by atoms with Crippen LogP contribution in [-0.2, 0) is 0 Å². The Labute approximate surface area is 120 Å². The van der Waals surface area contributed by atoms with Crippen molar-refractivity contribution in [1.82, 2.24) is 10.2 Å². The molecule has 0 saturated carbocycles. The lowest BCUT2D eigenvalue weighted by atomic mass is 9.98. The zero-order valence-electron chi connectivity index (χ0n) is 11.9. The molecule has 0 spiro atoms. The lowest BCUT2D eigenvalue weighted by Gasteiger charge is -2.36. The van der Waals surface area contributed by atoms with Gasteiger partial charge in [-0.25, -0.2) is 0 Å². The van der Waals surface area contributed by atoms with Gasteiger partial charge in [0.1, 0.15) is 5.75 Å². The Bertz CT molecular complexity index is 432. The van der Waals surface area contributed by atoms with Crippen LogP contribution >= 0.6 is 0 Å². The Balaban J connectivity index is 1.76. The van der Waals surface area contributed by atoms with Crippen LogP contribution in [0, 0.1) is 0 Å². The second kappa shape index (κ2) is 6.57. The summed E-state index contributed by atoms with van der Waals surface area (Å²) in [6.07, 6.45) is 3.51.